The minimum absolute atomic E-state index is 0.00407. The van der Waals surface area contributed by atoms with E-state index in [1.165, 1.54) is 0 Å². The third-order valence-electron chi connectivity index (χ3n) is 3.49. The zero-order valence-electron chi connectivity index (χ0n) is 11.4. The number of hydrogen-bond acceptors (Lipinski definition) is 3. The van der Waals surface area contributed by atoms with Gasteiger partial charge in [0, 0.05) is 13.1 Å². The van der Waals surface area contributed by atoms with Gasteiger partial charge in [-0.1, -0.05) is 43.7 Å². The zero-order valence-corrected chi connectivity index (χ0v) is 11.4. The number of amides is 1. The van der Waals surface area contributed by atoms with Crippen LogP contribution in [0.1, 0.15) is 31.4 Å². The fraction of sp³-hybridized carbons (Fsp3) is 0.533. The number of nitrogens with two attached hydrogens (primary N) is 1. The summed E-state index contributed by atoms with van der Waals surface area (Å²) < 4.78 is 5.65. The normalized spacial score (nSPS) is 21.2. The summed E-state index contributed by atoms with van der Waals surface area (Å²) in [5.74, 6) is -0.00407. The summed E-state index contributed by atoms with van der Waals surface area (Å²) in [6.07, 6.45) is 2.22. The van der Waals surface area contributed by atoms with Crippen LogP contribution in [0.4, 0.5) is 0 Å². The SMILES string of the molecule is CCC[C@H]1CN(C(=O)[C@@H](N)c2ccccc2)CCO1. The molecule has 1 aliphatic heterocycles. The van der Waals surface area contributed by atoms with Crippen LogP contribution < -0.4 is 5.73 Å². The van der Waals surface area contributed by atoms with Gasteiger partial charge in [0.05, 0.1) is 12.7 Å². The van der Waals surface area contributed by atoms with Gasteiger partial charge < -0.3 is 15.4 Å². The standard InChI is InChI=1S/C15H22N2O2/c1-2-6-13-11-17(9-10-19-13)15(18)14(16)12-7-4-3-5-8-12/h3-5,7-8,13-14H,2,6,9-11,16H2,1H3/t13-,14-/m0/s1. The van der Waals surface area contributed by atoms with Gasteiger partial charge in [0.2, 0.25) is 5.91 Å². The molecule has 104 valence electrons. The highest BCUT2D eigenvalue weighted by atomic mass is 16.5. The Labute approximate surface area is 114 Å². The minimum Gasteiger partial charge on any atom is -0.375 e. The molecule has 1 aromatic rings. The Kier molecular flexibility index (Phi) is 4.93. The first-order valence-electron chi connectivity index (χ1n) is 6.93. The van der Waals surface area contributed by atoms with E-state index in [1.54, 1.807) is 0 Å². The van der Waals surface area contributed by atoms with E-state index in [-0.39, 0.29) is 12.0 Å². The van der Waals surface area contributed by atoms with E-state index in [4.69, 9.17) is 10.5 Å². The first-order chi connectivity index (χ1) is 9.22. The maximum atomic E-state index is 12.4. The topological polar surface area (TPSA) is 55.6 Å². The van der Waals surface area contributed by atoms with Gasteiger partial charge in [-0.2, -0.15) is 0 Å². The third-order valence-corrected chi connectivity index (χ3v) is 3.49. The summed E-state index contributed by atoms with van der Waals surface area (Å²) in [6, 6.07) is 8.95. The lowest BCUT2D eigenvalue weighted by molar-refractivity contribution is -0.140. The van der Waals surface area contributed by atoms with Crippen molar-refractivity contribution >= 4 is 5.91 Å². The molecule has 0 radical (unpaired) electrons. The number of morpholine rings is 1. The monoisotopic (exact) mass is 262 g/mol. The molecular weight excluding hydrogens is 240 g/mol. The van der Waals surface area contributed by atoms with Crippen LogP contribution in [0.25, 0.3) is 0 Å². The van der Waals surface area contributed by atoms with E-state index in [9.17, 15) is 4.79 Å². The second-order valence-corrected chi connectivity index (χ2v) is 4.95. The first kappa shape index (κ1) is 14.0. The van der Waals surface area contributed by atoms with Gasteiger partial charge in [-0.15, -0.1) is 0 Å². The maximum absolute atomic E-state index is 12.4. The lowest BCUT2D eigenvalue weighted by Gasteiger charge is -2.34. The lowest BCUT2D eigenvalue weighted by Crippen LogP contribution is -2.48. The molecule has 1 saturated heterocycles. The molecule has 2 atom stereocenters. The molecule has 0 saturated carbocycles. The molecule has 0 bridgehead atoms. The van der Waals surface area contributed by atoms with Crippen LogP contribution in [0.2, 0.25) is 0 Å². The summed E-state index contributed by atoms with van der Waals surface area (Å²) in [5, 5.41) is 0. The van der Waals surface area contributed by atoms with Crippen molar-refractivity contribution in [2.24, 2.45) is 5.73 Å². The summed E-state index contributed by atoms with van der Waals surface area (Å²) >= 11 is 0. The van der Waals surface area contributed by atoms with Crippen LogP contribution in [-0.4, -0.2) is 36.6 Å². The Bertz CT molecular complexity index is 406. The van der Waals surface area contributed by atoms with Crippen LogP contribution in [0.3, 0.4) is 0 Å². The molecule has 4 heteroatoms. The highest BCUT2D eigenvalue weighted by molar-refractivity contribution is 5.83. The molecule has 2 rings (SSSR count). The van der Waals surface area contributed by atoms with Crippen LogP contribution in [-0.2, 0) is 9.53 Å². The van der Waals surface area contributed by atoms with Crippen molar-refractivity contribution in [1.29, 1.82) is 0 Å². The van der Waals surface area contributed by atoms with Crippen molar-refractivity contribution in [3.8, 4) is 0 Å². The summed E-state index contributed by atoms with van der Waals surface area (Å²) in [6.45, 7) is 4.03. The molecule has 0 aromatic heterocycles. The molecule has 1 heterocycles. The predicted octanol–water partition coefficient (Wildman–Crippen LogP) is 1.71. The van der Waals surface area contributed by atoms with Crippen LogP contribution >= 0.6 is 0 Å². The summed E-state index contributed by atoms with van der Waals surface area (Å²) in [4.78, 5) is 14.2. The number of benzene rings is 1. The van der Waals surface area contributed by atoms with Crippen LogP contribution in [0, 0.1) is 0 Å². The molecule has 19 heavy (non-hydrogen) atoms. The molecule has 2 N–H and O–H groups in total. The van der Waals surface area contributed by atoms with Gasteiger partial charge >= 0.3 is 0 Å². The minimum atomic E-state index is -0.568. The van der Waals surface area contributed by atoms with E-state index in [1.807, 2.05) is 35.2 Å². The van der Waals surface area contributed by atoms with Gasteiger partial charge in [-0.3, -0.25) is 4.79 Å². The Morgan fingerprint density at radius 2 is 2.21 bits per heavy atom. The predicted molar refractivity (Wildman–Crippen MR) is 74.6 cm³/mol. The summed E-state index contributed by atoms with van der Waals surface area (Å²) in [5.41, 5.74) is 6.92. The van der Waals surface area contributed by atoms with Crippen molar-refractivity contribution in [2.75, 3.05) is 19.7 Å². The van der Waals surface area contributed by atoms with Gasteiger partial charge in [-0.25, -0.2) is 0 Å². The Hall–Kier alpha value is -1.39. The molecule has 1 aromatic carbocycles. The first-order valence-corrected chi connectivity index (χ1v) is 6.93. The van der Waals surface area contributed by atoms with E-state index < -0.39 is 6.04 Å². The van der Waals surface area contributed by atoms with Crippen molar-refractivity contribution < 1.29 is 9.53 Å². The second-order valence-electron chi connectivity index (χ2n) is 4.95. The third kappa shape index (κ3) is 3.55. The molecule has 0 aliphatic carbocycles. The fourth-order valence-electron chi connectivity index (χ4n) is 2.42. The highest BCUT2D eigenvalue weighted by Gasteiger charge is 2.27. The number of nitrogens with zero attached hydrogens (tertiary/aromatic N) is 1. The van der Waals surface area contributed by atoms with Crippen molar-refractivity contribution in [2.45, 2.75) is 31.9 Å². The van der Waals surface area contributed by atoms with Crippen LogP contribution in [0.15, 0.2) is 30.3 Å². The molecule has 0 unspecified atom stereocenters. The molecule has 0 spiro atoms. The Morgan fingerprint density at radius 1 is 1.47 bits per heavy atom. The number of ether oxygens (including phenoxy) is 1. The van der Waals surface area contributed by atoms with Gasteiger partial charge in [-0.05, 0) is 12.0 Å². The Morgan fingerprint density at radius 3 is 2.89 bits per heavy atom. The number of hydrogen-bond donors (Lipinski definition) is 1. The molecule has 1 fully saturated rings. The van der Waals surface area contributed by atoms with Crippen molar-refractivity contribution in [3.63, 3.8) is 0 Å². The largest absolute Gasteiger partial charge is 0.375 e. The lowest BCUT2D eigenvalue weighted by atomic mass is 10.1. The van der Waals surface area contributed by atoms with Gasteiger partial charge in [0.15, 0.2) is 0 Å². The number of rotatable bonds is 4. The van der Waals surface area contributed by atoms with Crippen molar-refractivity contribution in [3.05, 3.63) is 35.9 Å². The molecule has 1 aliphatic rings. The van der Waals surface area contributed by atoms with E-state index in [0.717, 1.165) is 18.4 Å². The van der Waals surface area contributed by atoms with Gasteiger partial charge in [0.25, 0.3) is 0 Å². The van der Waals surface area contributed by atoms with E-state index >= 15 is 0 Å². The summed E-state index contributed by atoms with van der Waals surface area (Å²) in [7, 11) is 0. The molecular formula is C15H22N2O2. The number of carbonyl (C=O) groups is 1. The molecule has 4 nitrogen and oxygen atoms in total. The zero-order chi connectivity index (χ0) is 13.7. The Balaban J connectivity index is 1.99. The highest BCUT2D eigenvalue weighted by Crippen LogP contribution is 2.17. The average molecular weight is 262 g/mol. The number of carbonyl (C=O) groups excluding carboxylic acids is 1. The molecule has 1 amide bonds. The maximum Gasteiger partial charge on any atom is 0.244 e. The fourth-order valence-corrected chi connectivity index (χ4v) is 2.42. The van der Waals surface area contributed by atoms with Gasteiger partial charge in [0.1, 0.15) is 6.04 Å². The van der Waals surface area contributed by atoms with Crippen molar-refractivity contribution in [1.82, 2.24) is 4.90 Å². The van der Waals surface area contributed by atoms with E-state index in [0.29, 0.717) is 19.7 Å². The smallest absolute Gasteiger partial charge is 0.244 e. The second kappa shape index (κ2) is 6.68. The average Bonchev–Trinajstić information content (AvgIpc) is 2.47. The quantitative estimate of drug-likeness (QED) is 0.898. The van der Waals surface area contributed by atoms with Crippen LogP contribution in [0.5, 0.6) is 0 Å². The van der Waals surface area contributed by atoms with E-state index in [2.05, 4.69) is 6.92 Å².